The van der Waals surface area contributed by atoms with Gasteiger partial charge in [-0.3, -0.25) is 9.59 Å². The fourth-order valence-corrected chi connectivity index (χ4v) is 4.36. The second kappa shape index (κ2) is 10.2. The number of nitrogens with zero attached hydrogens (tertiary/aromatic N) is 1. The Balaban J connectivity index is 1.37. The fraction of sp³-hybridized carbons (Fsp3) is 0.160. The minimum atomic E-state index is -0.253. The molecule has 0 unspecified atom stereocenters. The lowest BCUT2D eigenvalue weighted by Gasteiger charge is -2.07. The van der Waals surface area contributed by atoms with Gasteiger partial charge >= 0.3 is 0 Å². The molecule has 0 fully saturated rings. The van der Waals surface area contributed by atoms with Gasteiger partial charge in [-0.05, 0) is 41.0 Å². The zero-order valence-electron chi connectivity index (χ0n) is 17.4. The topological polar surface area (TPSA) is 91.3 Å². The van der Waals surface area contributed by atoms with Gasteiger partial charge in [0.05, 0.1) is 23.2 Å². The van der Waals surface area contributed by atoms with Gasteiger partial charge in [0.25, 0.3) is 5.91 Å². The molecule has 4 rings (SSSR count). The van der Waals surface area contributed by atoms with Crippen LogP contribution in [0.25, 0.3) is 21.3 Å². The van der Waals surface area contributed by atoms with Crippen molar-refractivity contribution in [2.75, 3.05) is 13.2 Å². The van der Waals surface area contributed by atoms with Crippen LogP contribution >= 0.6 is 11.3 Å². The van der Waals surface area contributed by atoms with Crippen LogP contribution in [-0.4, -0.2) is 35.1 Å². The molecule has 0 atom stereocenters. The van der Waals surface area contributed by atoms with Gasteiger partial charge in [-0.25, -0.2) is 4.98 Å². The molecule has 0 saturated carbocycles. The Labute approximate surface area is 189 Å². The summed E-state index contributed by atoms with van der Waals surface area (Å²) >= 11 is 1.52. The van der Waals surface area contributed by atoms with E-state index in [9.17, 15) is 9.59 Å². The second-order valence-electron chi connectivity index (χ2n) is 7.29. The van der Waals surface area contributed by atoms with E-state index in [1.54, 1.807) is 18.2 Å². The Morgan fingerprint density at radius 1 is 0.906 bits per heavy atom. The summed E-state index contributed by atoms with van der Waals surface area (Å²) in [6.07, 6.45) is 0.205. The van der Waals surface area contributed by atoms with E-state index in [0.717, 1.165) is 31.9 Å². The number of aromatic nitrogens is 1. The first-order valence-corrected chi connectivity index (χ1v) is 11.1. The van der Waals surface area contributed by atoms with Gasteiger partial charge in [0.2, 0.25) is 5.91 Å². The molecule has 7 heteroatoms. The van der Waals surface area contributed by atoms with Crippen molar-refractivity contribution in [3.05, 3.63) is 88.9 Å². The van der Waals surface area contributed by atoms with Crippen molar-refractivity contribution < 1.29 is 14.7 Å². The first kappa shape index (κ1) is 21.7. The molecule has 2 amide bonds. The predicted molar refractivity (Wildman–Crippen MR) is 126 cm³/mol. The van der Waals surface area contributed by atoms with Crippen molar-refractivity contribution in [3.63, 3.8) is 0 Å². The van der Waals surface area contributed by atoms with E-state index in [-0.39, 0.29) is 31.4 Å². The highest BCUT2D eigenvalue weighted by Crippen LogP contribution is 2.28. The lowest BCUT2D eigenvalue weighted by Crippen LogP contribution is -2.27. The minimum absolute atomic E-state index is 0.110. The lowest BCUT2D eigenvalue weighted by molar-refractivity contribution is -0.120. The number of hydrogen-bond acceptors (Lipinski definition) is 5. The summed E-state index contributed by atoms with van der Waals surface area (Å²) in [5.74, 6) is -0.376. The molecule has 3 N–H and O–H groups in total. The van der Waals surface area contributed by atoms with E-state index in [1.165, 1.54) is 11.3 Å². The Morgan fingerprint density at radius 2 is 1.75 bits per heavy atom. The molecule has 162 valence electrons. The van der Waals surface area contributed by atoms with Crippen molar-refractivity contribution in [2.24, 2.45) is 0 Å². The monoisotopic (exact) mass is 445 g/mol. The van der Waals surface area contributed by atoms with Crippen LogP contribution in [0.3, 0.4) is 0 Å². The number of aliphatic hydroxyl groups excluding tert-OH is 1. The van der Waals surface area contributed by atoms with E-state index >= 15 is 0 Å². The van der Waals surface area contributed by atoms with Gasteiger partial charge in [0.15, 0.2) is 0 Å². The van der Waals surface area contributed by atoms with Crippen LogP contribution in [-0.2, 0) is 17.8 Å². The first-order chi connectivity index (χ1) is 15.6. The van der Waals surface area contributed by atoms with Gasteiger partial charge in [0.1, 0.15) is 5.01 Å². The molecule has 0 spiro atoms. The van der Waals surface area contributed by atoms with Crippen molar-refractivity contribution >= 4 is 33.4 Å². The van der Waals surface area contributed by atoms with Crippen LogP contribution in [0, 0.1) is 0 Å². The maximum Gasteiger partial charge on any atom is 0.251 e. The minimum Gasteiger partial charge on any atom is -0.395 e. The van der Waals surface area contributed by atoms with E-state index in [1.807, 2.05) is 36.4 Å². The van der Waals surface area contributed by atoms with Crippen molar-refractivity contribution in [3.8, 4) is 11.1 Å². The zero-order chi connectivity index (χ0) is 22.3. The summed E-state index contributed by atoms with van der Waals surface area (Å²) in [6.45, 7) is 0.415. The highest BCUT2D eigenvalue weighted by atomic mass is 32.1. The number of amides is 2. The van der Waals surface area contributed by atoms with Gasteiger partial charge < -0.3 is 15.7 Å². The summed E-state index contributed by atoms with van der Waals surface area (Å²) in [4.78, 5) is 29.1. The average Bonchev–Trinajstić information content (AvgIpc) is 3.23. The Hall–Kier alpha value is -3.55. The van der Waals surface area contributed by atoms with Gasteiger partial charge in [-0.2, -0.15) is 0 Å². The van der Waals surface area contributed by atoms with Crippen LogP contribution in [0.15, 0.2) is 72.8 Å². The molecule has 0 aliphatic rings. The zero-order valence-corrected chi connectivity index (χ0v) is 18.2. The number of aliphatic hydroxyl groups is 1. The summed E-state index contributed by atoms with van der Waals surface area (Å²) < 4.78 is 1.05. The molecular weight excluding hydrogens is 422 g/mol. The van der Waals surface area contributed by atoms with E-state index < -0.39 is 0 Å². The molecule has 0 saturated heterocycles. The summed E-state index contributed by atoms with van der Waals surface area (Å²) in [7, 11) is 0. The number of fused-ring (bicyclic) bond motifs is 1. The van der Waals surface area contributed by atoms with Gasteiger partial charge in [-0.15, -0.1) is 11.3 Å². The van der Waals surface area contributed by atoms with Crippen LogP contribution in [0.1, 0.15) is 20.9 Å². The normalized spacial score (nSPS) is 10.8. The van der Waals surface area contributed by atoms with Crippen LogP contribution in [0.5, 0.6) is 0 Å². The predicted octanol–water partition coefficient (Wildman–Crippen LogP) is 3.54. The summed E-state index contributed by atoms with van der Waals surface area (Å²) in [5, 5.41) is 15.1. The number of benzene rings is 3. The number of rotatable bonds is 8. The van der Waals surface area contributed by atoms with Gasteiger partial charge in [0, 0.05) is 18.7 Å². The third-order valence-electron chi connectivity index (χ3n) is 4.93. The molecule has 6 nitrogen and oxygen atoms in total. The quantitative estimate of drug-likeness (QED) is 0.387. The number of hydrogen-bond donors (Lipinski definition) is 3. The van der Waals surface area contributed by atoms with Crippen LogP contribution < -0.4 is 10.6 Å². The number of carbonyl (C=O) groups excluding carboxylic acids is 2. The molecule has 3 aromatic carbocycles. The molecule has 4 aromatic rings. The second-order valence-corrected chi connectivity index (χ2v) is 8.40. The van der Waals surface area contributed by atoms with E-state index in [0.29, 0.717) is 12.1 Å². The lowest BCUT2D eigenvalue weighted by atomic mass is 10.1. The Morgan fingerprint density at radius 3 is 2.56 bits per heavy atom. The highest BCUT2D eigenvalue weighted by molar-refractivity contribution is 7.18. The molecule has 32 heavy (non-hydrogen) atoms. The van der Waals surface area contributed by atoms with Crippen molar-refractivity contribution in [2.45, 2.75) is 13.0 Å². The molecule has 0 aliphatic carbocycles. The van der Waals surface area contributed by atoms with Crippen molar-refractivity contribution in [1.82, 2.24) is 15.6 Å². The molecule has 0 radical (unpaired) electrons. The largest absolute Gasteiger partial charge is 0.395 e. The third-order valence-corrected chi connectivity index (χ3v) is 5.95. The maximum atomic E-state index is 12.5. The number of thiazole rings is 1. The molecule has 1 heterocycles. The highest BCUT2D eigenvalue weighted by Gasteiger charge is 2.11. The standard InChI is InChI=1S/C25H23N3O3S/c29-12-11-26-25(31)20-8-4-5-17(13-20)16-27-23(30)15-24-28-21-10-9-19(14-22(21)32-24)18-6-2-1-3-7-18/h1-10,13-14,29H,11-12,15-16H2,(H,26,31)(H,27,30). The summed E-state index contributed by atoms with van der Waals surface area (Å²) in [6, 6.07) is 23.4. The number of nitrogens with one attached hydrogen (secondary N) is 2. The smallest absolute Gasteiger partial charge is 0.251 e. The molecular formula is C25H23N3O3S. The molecule has 1 aromatic heterocycles. The Kier molecular flexibility index (Phi) is 6.89. The maximum absolute atomic E-state index is 12.5. The van der Waals surface area contributed by atoms with E-state index in [4.69, 9.17) is 5.11 Å². The average molecular weight is 446 g/mol. The molecule has 0 bridgehead atoms. The first-order valence-electron chi connectivity index (χ1n) is 10.3. The van der Waals surface area contributed by atoms with Crippen LogP contribution in [0.4, 0.5) is 0 Å². The van der Waals surface area contributed by atoms with Crippen molar-refractivity contribution in [1.29, 1.82) is 0 Å². The Bertz CT molecular complexity index is 1240. The van der Waals surface area contributed by atoms with E-state index in [2.05, 4.69) is 33.8 Å². The third kappa shape index (κ3) is 5.38. The fourth-order valence-electron chi connectivity index (χ4n) is 3.35. The summed E-state index contributed by atoms with van der Waals surface area (Å²) in [5.41, 5.74) is 4.48. The van der Waals surface area contributed by atoms with Gasteiger partial charge in [-0.1, -0.05) is 48.5 Å². The SMILES string of the molecule is O=C(Cc1nc2ccc(-c3ccccc3)cc2s1)NCc1cccc(C(=O)NCCO)c1. The molecule has 0 aliphatic heterocycles. The van der Waals surface area contributed by atoms with Crippen LogP contribution in [0.2, 0.25) is 0 Å². The number of carbonyl (C=O) groups is 2.